The molecule has 1 aromatic carbocycles. The fourth-order valence-electron chi connectivity index (χ4n) is 3.97. The van der Waals surface area contributed by atoms with E-state index in [0.717, 1.165) is 43.1 Å². The lowest BCUT2D eigenvalue weighted by Gasteiger charge is -2.31. The van der Waals surface area contributed by atoms with Crippen molar-refractivity contribution < 1.29 is 14.3 Å². The van der Waals surface area contributed by atoms with Crippen molar-refractivity contribution in [3.8, 4) is 5.69 Å². The third-order valence-electron chi connectivity index (χ3n) is 5.67. The zero-order valence-electron chi connectivity index (χ0n) is 17.7. The van der Waals surface area contributed by atoms with E-state index in [1.165, 1.54) is 11.8 Å². The van der Waals surface area contributed by atoms with Gasteiger partial charge >= 0.3 is 0 Å². The van der Waals surface area contributed by atoms with Crippen molar-refractivity contribution in [1.82, 2.24) is 19.7 Å². The number of hydrogen-bond donors (Lipinski definition) is 1. The topological polar surface area (TPSA) is 107 Å². The second kappa shape index (κ2) is 9.69. The number of nitrogens with zero attached hydrogens (tertiary/aromatic N) is 5. The van der Waals surface area contributed by atoms with Gasteiger partial charge in [-0.05, 0) is 37.5 Å². The van der Waals surface area contributed by atoms with E-state index in [0.29, 0.717) is 31.5 Å². The van der Waals surface area contributed by atoms with Crippen LogP contribution in [0.5, 0.6) is 0 Å². The van der Waals surface area contributed by atoms with Crippen LogP contribution in [0.4, 0.5) is 5.95 Å². The zero-order valence-corrected chi connectivity index (χ0v) is 18.5. The molecule has 2 amide bonds. The molecule has 166 valence electrons. The SMILES string of the molecule is Cc1cccc(-n2c(SCC(=O)N3CCCC(C(N)=O)C3)nnc2N2CCOCC2)c1. The van der Waals surface area contributed by atoms with Crippen LogP contribution in [0.25, 0.3) is 5.69 Å². The number of carbonyl (C=O) groups excluding carboxylic acids is 2. The first-order valence-corrected chi connectivity index (χ1v) is 11.6. The predicted octanol–water partition coefficient (Wildman–Crippen LogP) is 1.23. The van der Waals surface area contributed by atoms with Gasteiger partial charge in [0.2, 0.25) is 17.8 Å². The smallest absolute Gasteiger partial charge is 0.233 e. The lowest BCUT2D eigenvalue weighted by atomic mass is 9.97. The molecule has 2 aliphatic heterocycles. The van der Waals surface area contributed by atoms with Gasteiger partial charge in [-0.1, -0.05) is 23.9 Å². The fourth-order valence-corrected chi connectivity index (χ4v) is 4.82. The third kappa shape index (κ3) is 5.01. The van der Waals surface area contributed by atoms with Crippen molar-refractivity contribution in [2.24, 2.45) is 11.7 Å². The Hall–Kier alpha value is -2.59. The van der Waals surface area contributed by atoms with E-state index >= 15 is 0 Å². The number of morpholine rings is 1. The summed E-state index contributed by atoms with van der Waals surface area (Å²) in [4.78, 5) is 28.2. The molecule has 1 atom stereocenters. The number of ether oxygens (including phenoxy) is 1. The van der Waals surface area contributed by atoms with Gasteiger partial charge < -0.3 is 20.3 Å². The molecule has 0 bridgehead atoms. The van der Waals surface area contributed by atoms with Gasteiger partial charge in [-0.3, -0.25) is 14.2 Å². The van der Waals surface area contributed by atoms with Crippen molar-refractivity contribution in [2.75, 3.05) is 50.0 Å². The maximum Gasteiger partial charge on any atom is 0.233 e. The predicted molar refractivity (Wildman–Crippen MR) is 118 cm³/mol. The van der Waals surface area contributed by atoms with E-state index in [-0.39, 0.29) is 23.5 Å². The molecule has 0 saturated carbocycles. The Morgan fingerprint density at radius 1 is 1.23 bits per heavy atom. The van der Waals surface area contributed by atoms with Gasteiger partial charge in [0.05, 0.1) is 30.6 Å². The number of likely N-dealkylation sites (tertiary alicyclic amines) is 1. The summed E-state index contributed by atoms with van der Waals surface area (Å²) in [6.45, 7) is 5.90. The Bertz CT molecular complexity index is 943. The Kier molecular flexibility index (Phi) is 6.77. The molecular formula is C21H28N6O3S. The number of thioether (sulfide) groups is 1. The maximum atomic E-state index is 12.8. The quantitative estimate of drug-likeness (QED) is 0.668. The Labute approximate surface area is 185 Å². The average molecular weight is 445 g/mol. The van der Waals surface area contributed by atoms with Gasteiger partial charge in [-0.2, -0.15) is 0 Å². The number of hydrogen-bond acceptors (Lipinski definition) is 7. The number of rotatable bonds is 6. The largest absolute Gasteiger partial charge is 0.378 e. The monoisotopic (exact) mass is 444 g/mol. The van der Waals surface area contributed by atoms with Crippen LogP contribution in [-0.2, 0) is 14.3 Å². The van der Waals surface area contributed by atoms with Crippen molar-refractivity contribution in [2.45, 2.75) is 24.9 Å². The van der Waals surface area contributed by atoms with Crippen molar-refractivity contribution in [3.63, 3.8) is 0 Å². The molecule has 2 aromatic rings. The first-order valence-electron chi connectivity index (χ1n) is 10.6. The Balaban J connectivity index is 1.53. The third-order valence-corrected chi connectivity index (χ3v) is 6.58. The molecule has 2 aliphatic rings. The van der Waals surface area contributed by atoms with E-state index in [2.05, 4.69) is 21.2 Å². The van der Waals surface area contributed by atoms with E-state index < -0.39 is 0 Å². The molecule has 2 N–H and O–H groups in total. The minimum absolute atomic E-state index is 0.0114. The molecule has 10 heteroatoms. The van der Waals surface area contributed by atoms with Gasteiger partial charge in [0.25, 0.3) is 0 Å². The zero-order chi connectivity index (χ0) is 21.8. The Morgan fingerprint density at radius 3 is 2.77 bits per heavy atom. The van der Waals surface area contributed by atoms with E-state index in [4.69, 9.17) is 10.5 Å². The van der Waals surface area contributed by atoms with Crippen LogP contribution < -0.4 is 10.6 Å². The van der Waals surface area contributed by atoms with E-state index in [9.17, 15) is 9.59 Å². The van der Waals surface area contributed by atoms with Crippen molar-refractivity contribution >= 4 is 29.5 Å². The first kappa shape index (κ1) is 21.6. The van der Waals surface area contributed by atoms with Gasteiger partial charge in [0.1, 0.15) is 0 Å². The molecule has 2 fully saturated rings. The number of benzene rings is 1. The summed E-state index contributed by atoms with van der Waals surface area (Å²) in [7, 11) is 0. The summed E-state index contributed by atoms with van der Waals surface area (Å²) in [6, 6.07) is 8.16. The minimum atomic E-state index is -0.334. The summed E-state index contributed by atoms with van der Waals surface area (Å²) in [5.41, 5.74) is 7.55. The average Bonchev–Trinajstić information content (AvgIpc) is 3.22. The maximum absolute atomic E-state index is 12.8. The van der Waals surface area contributed by atoms with Crippen LogP contribution in [0, 0.1) is 12.8 Å². The highest BCUT2D eigenvalue weighted by atomic mass is 32.2. The summed E-state index contributed by atoms with van der Waals surface area (Å²) in [6.07, 6.45) is 1.54. The number of amides is 2. The summed E-state index contributed by atoms with van der Waals surface area (Å²) < 4.78 is 7.49. The molecule has 0 aliphatic carbocycles. The standard InChI is InChI=1S/C21H28N6O3S/c1-15-4-2-6-17(12-15)27-20(25-8-10-30-11-9-25)23-24-21(27)31-14-18(28)26-7-3-5-16(13-26)19(22)29/h2,4,6,12,16H,3,5,7-11,13-14H2,1H3,(H2,22,29). The van der Waals surface area contributed by atoms with Crippen LogP contribution in [0.3, 0.4) is 0 Å². The number of carbonyl (C=O) groups is 2. The first-order chi connectivity index (χ1) is 15.0. The molecule has 31 heavy (non-hydrogen) atoms. The van der Waals surface area contributed by atoms with E-state index in [1.807, 2.05) is 29.7 Å². The number of nitrogens with two attached hydrogens (primary N) is 1. The fraction of sp³-hybridized carbons (Fsp3) is 0.524. The lowest BCUT2D eigenvalue weighted by Crippen LogP contribution is -2.44. The van der Waals surface area contributed by atoms with Crippen LogP contribution in [0.1, 0.15) is 18.4 Å². The van der Waals surface area contributed by atoms with Gasteiger partial charge in [-0.15, -0.1) is 10.2 Å². The summed E-state index contributed by atoms with van der Waals surface area (Å²) in [5, 5.41) is 9.52. The molecule has 3 heterocycles. The van der Waals surface area contributed by atoms with Crippen molar-refractivity contribution in [3.05, 3.63) is 29.8 Å². The molecule has 9 nitrogen and oxygen atoms in total. The molecular weight excluding hydrogens is 416 g/mol. The second-order valence-corrected chi connectivity index (χ2v) is 8.87. The summed E-state index contributed by atoms with van der Waals surface area (Å²) in [5.74, 6) is 0.391. The normalized spacial score (nSPS) is 19.5. The number of aryl methyl sites for hydroxylation is 1. The van der Waals surface area contributed by atoms with Crippen molar-refractivity contribution in [1.29, 1.82) is 0 Å². The lowest BCUT2D eigenvalue weighted by molar-refractivity contribution is -0.132. The van der Waals surface area contributed by atoms with Gasteiger partial charge in [0, 0.05) is 26.2 Å². The van der Waals surface area contributed by atoms with Crippen LogP contribution in [0.15, 0.2) is 29.4 Å². The number of primary amides is 1. The minimum Gasteiger partial charge on any atom is -0.378 e. The molecule has 0 spiro atoms. The number of piperidine rings is 1. The highest BCUT2D eigenvalue weighted by Crippen LogP contribution is 2.28. The Morgan fingerprint density at radius 2 is 2.03 bits per heavy atom. The molecule has 4 rings (SSSR count). The van der Waals surface area contributed by atoms with Gasteiger partial charge in [0.15, 0.2) is 5.16 Å². The highest BCUT2D eigenvalue weighted by Gasteiger charge is 2.28. The van der Waals surface area contributed by atoms with Crippen LogP contribution in [-0.4, -0.2) is 76.6 Å². The molecule has 2 saturated heterocycles. The van der Waals surface area contributed by atoms with Gasteiger partial charge in [-0.25, -0.2) is 0 Å². The molecule has 1 aromatic heterocycles. The van der Waals surface area contributed by atoms with Crippen LogP contribution >= 0.6 is 11.8 Å². The second-order valence-electron chi connectivity index (χ2n) is 7.93. The summed E-state index contributed by atoms with van der Waals surface area (Å²) >= 11 is 1.37. The molecule has 1 unspecified atom stereocenters. The van der Waals surface area contributed by atoms with E-state index in [1.54, 1.807) is 4.90 Å². The number of anilines is 1. The molecule has 0 radical (unpaired) electrons. The van der Waals surface area contributed by atoms with Crippen LogP contribution in [0.2, 0.25) is 0 Å². The highest BCUT2D eigenvalue weighted by molar-refractivity contribution is 7.99. The number of aromatic nitrogens is 3.